The van der Waals surface area contributed by atoms with Crippen molar-refractivity contribution in [3.8, 4) is 16.8 Å². The highest BCUT2D eigenvalue weighted by Crippen LogP contribution is 2.51. The smallest absolute Gasteiger partial charge is 0.151 e. The monoisotopic (exact) mass is 499 g/mol. The Morgan fingerprint density at radius 2 is 1.21 bits per heavy atom. The average molecular weight is 500 g/mol. The zero-order valence-electron chi connectivity index (χ0n) is 21.8. The van der Waals surface area contributed by atoms with Gasteiger partial charge in [0.2, 0.25) is 0 Å². The minimum Gasteiger partial charge on any atom is -0.293 e. The lowest BCUT2D eigenvalue weighted by molar-refractivity contribution is 0.660. The Balaban J connectivity index is 1.55. The van der Waals surface area contributed by atoms with Gasteiger partial charge >= 0.3 is 0 Å². The largest absolute Gasteiger partial charge is 0.293 e. The molecule has 8 aromatic rings. The van der Waals surface area contributed by atoms with E-state index in [9.17, 15) is 0 Å². The lowest BCUT2D eigenvalue weighted by Crippen LogP contribution is -2.15. The van der Waals surface area contributed by atoms with E-state index >= 15 is 0 Å². The topological polar surface area (TPSA) is 22.2 Å². The Bertz CT molecular complexity index is 2310. The van der Waals surface area contributed by atoms with E-state index in [-0.39, 0.29) is 5.41 Å². The van der Waals surface area contributed by atoms with Gasteiger partial charge in [0.05, 0.1) is 16.7 Å². The molecule has 0 saturated heterocycles. The zero-order valence-corrected chi connectivity index (χ0v) is 21.8. The van der Waals surface area contributed by atoms with Crippen molar-refractivity contribution < 1.29 is 0 Å². The number of benzene rings is 5. The molecule has 0 amide bonds. The van der Waals surface area contributed by atoms with Crippen LogP contribution in [0.1, 0.15) is 25.0 Å². The van der Waals surface area contributed by atoms with Crippen LogP contribution >= 0.6 is 0 Å². The average Bonchev–Trinajstić information content (AvgIpc) is 3.59. The third-order valence-electron chi connectivity index (χ3n) is 8.89. The lowest BCUT2D eigenvalue weighted by Gasteiger charge is -2.22. The number of fused-ring (bicyclic) bond motifs is 13. The van der Waals surface area contributed by atoms with Crippen molar-refractivity contribution in [1.82, 2.24) is 14.0 Å². The fourth-order valence-electron chi connectivity index (χ4n) is 7.17. The number of hydrogen-bond donors (Lipinski definition) is 0. The number of rotatable bonds is 1. The van der Waals surface area contributed by atoms with E-state index in [4.69, 9.17) is 4.98 Å². The molecule has 1 aliphatic carbocycles. The van der Waals surface area contributed by atoms with Crippen LogP contribution in [-0.4, -0.2) is 14.0 Å². The molecule has 0 fully saturated rings. The fourth-order valence-corrected chi connectivity index (χ4v) is 7.17. The summed E-state index contributed by atoms with van der Waals surface area (Å²) in [6.07, 6.45) is 0. The van der Waals surface area contributed by atoms with Crippen LogP contribution in [0, 0.1) is 0 Å². The molecule has 0 saturated carbocycles. The third-order valence-corrected chi connectivity index (χ3v) is 8.89. The second-order valence-electron chi connectivity index (χ2n) is 11.2. The van der Waals surface area contributed by atoms with Gasteiger partial charge in [0.15, 0.2) is 5.65 Å². The van der Waals surface area contributed by atoms with Crippen LogP contribution in [0.5, 0.6) is 0 Å². The highest BCUT2D eigenvalue weighted by molar-refractivity contribution is 6.17. The first kappa shape index (κ1) is 21.1. The number of hydrogen-bond acceptors (Lipinski definition) is 1. The van der Waals surface area contributed by atoms with Crippen molar-refractivity contribution in [2.45, 2.75) is 19.3 Å². The maximum absolute atomic E-state index is 5.38. The number of aromatic nitrogens is 3. The summed E-state index contributed by atoms with van der Waals surface area (Å²) in [7, 11) is 0. The Morgan fingerprint density at radius 3 is 2.05 bits per heavy atom. The number of para-hydroxylation sites is 2. The van der Waals surface area contributed by atoms with Crippen LogP contribution in [0.25, 0.3) is 66.2 Å². The van der Waals surface area contributed by atoms with Crippen molar-refractivity contribution in [3.05, 3.63) is 126 Å². The summed E-state index contributed by atoms with van der Waals surface area (Å²) in [6.45, 7) is 4.69. The lowest BCUT2D eigenvalue weighted by atomic mass is 9.82. The van der Waals surface area contributed by atoms with Gasteiger partial charge in [0.25, 0.3) is 0 Å². The summed E-state index contributed by atoms with van der Waals surface area (Å²) in [5, 5.41) is 4.82. The van der Waals surface area contributed by atoms with Gasteiger partial charge in [-0.15, -0.1) is 0 Å². The molecule has 184 valence electrons. The first-order valence-corrected chi connectivity index (χ1v) is 13.6. The Kier molecular flexibility index (Phi) is 3.86. The predicted molar refractivity (Wildman–Crippen MR) is 162 cm³/mol. The van der Waals surface area contributed by atoms with E-state index in [1.807, 2.05) is 0 Å². The summed E-state index contributed by atoms with van der Waals surface area (Å²) in [4.78, 5) is 5.38. The van der Waals surface area contributed by atoms with Crippen molar-refractivity contribution in [3.63, 3.8) is 0 Å². The quantitative estimate of drug-likeness (QED) is 0.207. The summed E-state index contributed by atoms with van der Waals surface area (Å²) < 4.78 is 4.85. The Labute approximate surface area is 225 Å². The highest BCUT2D eigenvalue weighted by atomic mass is 15.2. The van der Waals surface area contributed by atoms with E-state index in [1.165, 1.54) is 60.5 Å². The zero-order chi connectivity index (χ0) is 25.9. The standard InChI is InChI=1S/C36H25N3/c1-36(2)27-17-8-5-15-25(27)32-28(36)18-11-21-31(32)38-30-20-10-7-16-26(30)33-35(38)39-29-19-9-6-13-23(29)22-12-3-4-14-24(22)34(39)37-33/h3-21H,1-2H3. The molecular weight excluding hydrogens is 474 g/mol. The van der Waals surface area contributed by atoms with Crippen molar-refractivity contribution in [2.75, 3.05) is 0 Å². The SMILES string of the molecule is CC1(C)c2ccccc2-c2c(-n3c4ccccc4c4nc5c6ccccc6c6ccccc6n5c43)cccc21. The molecule has 0 N–H and O–H groups in total. The molecule has 3 heterocycles. The van der Waals surface area contributed by atoms with Crippen LogP contribution in [-0.2, 0) is 5.41 Å². The van der Waals surface area contributed by atoms with Crippen molar-refractivity contribution >= 4 is 49.4 Å². The van der Waals surface area contributed by atoms with Crippen LogP contribution < -0.4 is 0 Å². The van der Waals surface area contributed by atoms with Crippen LogP contribution in [0.2, 0.25) is 0 Å². The van der Waals surface area contributed by atoms with Crippen LogP contribution in [0.3, 0.4) is 0 Å². The van der Waals surface area contributed by atoms with Crippen LogP contribution in [0.4, 0.5) is 0 Å². The van der Waals surface area contributed by atoms with Gasteiger partial charge in [-0.05, 0) is 40.3 Å². The van der Waals surface area contributed by atoms with Gasteiger partial charge in [-0.1, -0.05) is 111 Å². The molecule has 0 atom stereocenters. The maximum atomic E-state index is 5.38. The van der Waals surface area contributed by atoms with E-state index < -0.39 is 0 Å². The summed E-state index contributed by atoms with van der Waals surface area (Å²) in [5.74, 6) is 0. The summed E-state index contributed by atoms with van der Waals surface area (Å²) in [6, 6.07) is 41.8. The van der Waals surface area contributed by atoms with E-state index in [0.29, 0.717) is 0 Å². The molecule has 1 aliphatic rings. The van der Waals surface area contributed by atoms with Gasteiger partial charge in [0, 0.05) is 27.1 Å². The van der Waals surface area contributed by atoms with Crippen molar-refractivity contribution in [1.29, 1.82) is 0 Å². The molecule has 0 unspecified atom stereocenters. The minimum absolute atomic E-state index is 0.0631. The first-order valence-electron chi connectivity index (χ1n) is 13.6. The number of nitrogens with zero attached hydrogens (tertiary/aromatic N) is 3. The molecule has 5 aromatic carbocycles. The fraction of sp³-hybridized carbons (Fsp3) is 0.0833. The first-order chi connectivity index (χ1) is 19.1. The van der Waals surface area contributed by atoms with Gasteiger partial charge < -0.3 is 0 Å². The molecule has 0 aliphatic heterocycles. The van der Waals surface area contributed by atoms with E-state index in [0.717, 1.165) is 16.8 Å². The molecule has 0 spiro atoms. The van der Waals surface area contributed by atoms with Crippen molar-refractivity contribution in [2.24, 2.45) is 0 Å². The third kappa shape index (κ3) is 2.50. The van der Waals surface area contributed by atoms with Crippen LogP contribution in [0.15, 0.2) is 115 Å². The van der Waals surface area contributed by atoms with E-state index in [2.05, 4.69) is 138 Å². The van der Waals surface area contributed by atoms with E-state index in [1.54, 1.807) is 0 Å². The second-order valence-corrected chi connectivity index (χ2v) is 11.2. The Hall–Kier alpha value is -4.89. The molecule has 39 heavy (non-hydrogen) atoms. The maximum Gasteiger partial charge on any atom is 0.151 e. The number of imidazole rings is 1. The highest BCUT2D eigenvalue weighted by Gasteiger charge is 2.37. The van der Waals surface area contributed by atoms with Gasteiger partial charge in [-0.3, -0.25) is 8.97 Å². The van der Waals surface area contributed by atoms with Gasteiger partial charge in [-0.2, -0.15) is 0 Å². The molecule has 3 heteroatoms. The molecule has 0 bridgehead atoms. The molecule has 9 rings (SSSR count). The minimum atomic E-state index is -0.0631. The second kappa shape index (κ2) is 7.15. The molecular formula is C36H25N3. The summed E-state index contributed by atoms with van der Waals surface area (Å²) >= 11 is 0. The molecule has 3 aromatic heterocycles. The van der Waals surface area contributed by atoms with Gasteiger partial charge in [-0.25, -0.2) is 4.98 Å². The number of pyridine rings is 1. The Morgan fingerprint density at radius 1 is 0.564 bits per heavy atom. The molecule has 0 radical (unpaired) electrons. The van der Waals surface area contributed by atoms with Gasteiger partial charge in [0.1, 0.15) is 11.2 Å². The molecule has 3 nitrogen and oxygen atoms in total. The summed E-state index contributed by atoms with van der Waals surface area (Å²) in [5.41, 5.74) is 12.0. The predicted octanol–water partition coefficient (Wildman–Crippen LogP) is 9.04. The normalized spacial score (nSPS) is 14.1.